The molecule has 4 nitrogen and oxygen atoms in total. The van der Waals surface area contributed by atoms with Gasteiger partial charge in [-0.1, -0.05) is 48.5 Å². The van der Waals surface area contributed by atoms with E-state index in [0.29, 0.717) is 31.6 Å². The van der Waals surface area contributed by atoms with Crippen molar-refractivity contribution in [1.82, 2.24) is 10.2 Å². The molecule has 5 heteroatoms. The van der Waals surface area contributed by atoms with Crippen LogP contribution in [-0.4, -0.2) is 36.3 Å². The van der Waals surface area contributed by atoms with Crippen molar-refractivity contribution in [2.24, 2.45) is 5.92 Å². The van der Waals surface area contributed by atoms with Crippen LogP contribution >= 0.6 is 11.3 Å². The summed E-state index contributed by atoms with van der Waals surface area (Å²) < 4.78 is 0. The van der Waals surface area contributed by atoms with Crippen LogP contribution in [-0.2, 0) is 11.2 Å². The summed E-state index contributed by atoms with van der Waals surface area (Å²) in [6.45, 7) is 1.45. The molecule has 2 amide bonds. The number of benzene rings is 2. The Hall–Kier alpha value is -2.92. The third-order valence-electron chi connectivity index (χ3n) is 5.07. The van der Waals surface area contributed by atoms with E-state index in [4.69, 9.17) is 0 Å². The van der Waals surface area contributed by atoms with Gasteiger partial charge < -0.3 is 10.2 Å². The maximum atomic E-state index is 12.9. The number of thiophene rings is 1. The van der Waals surface area contributed by atoms with Gasteiger partial charge in [-0.05, 0) is 41.1 Å². The fourth-order valence-electron chi connectivity index (χ4n) is 3.64. The van der Waals surface area contributed by atoms with Gasteiger partial charge in [-0.15, -0.1) is 11.3 Å². The van der Waals surface area contributed by atoms with E-state index in [1.807, 2.05) is 48.5 Å². The molecule has 1 atom stereocenters. The molecule has 0 unspecified atom stereocenters. The molecule has 142 valence electrons. The van der Waals surface area contributed by atoms with E-state index in [1.165, 1.54) is 4.88 Å². The molecular weight excluding hydrogens is 368 g/mol. The zero-order valence-corrected chi connectivity index (χ0v) is 16.3. The first-order chi connectivity index (χ1) is 13.7. The molecule has 1 saturated heterocycles. The van der Waals surface area contributed by atoms with Gasteiger partial charge in [0.15, 0.2) is 0 Å². The number of carbonyl (C=O) groups is 2. The highest BCUT2D eigenvalue weighted by Gasteiger charge is 2.28. The van der Waals surface area contributed by atoms with Crippen LogP contribution in [0.25, 0.3) is 10.4 Å². The highest BCUT2D eigenvalue weighted by molar-refractivity contribution is 7.13. The molecule has 3 aromatic rings. The Balaban J connectivity index is 1.57. The van der Waals surface area contributed by atoms with Crippen molar-refractivity contribution < 1.29 is 9.59 Å². The third kappa shape index (κ3) is 3.99. The Morgan fingerprint density at radius 1 is 1.04 bits per heavy atom. The van der Waals surface area contributed by atoms with E-state index in [2.05, 4.69) is 28.9 Å². The highest BCUT2D eigenvalue weighted by Crippen LogP contribution is 2.30. The van der Waals surface area contributed by atoms with Gasteiger partial charge in [0.2, 0.25) is 5.91 Å². The lowest BCUT2D eigenvalue weighted by Gasteiger charge is -2.24. The zero-order chi connectivity index (χ0) is 19.3. The van der Waals surface area contributed by atoms with E-state index in [9.17, 15) is 9.59 Å². The van der Waals surface area contributed by atoms with E-state index in [1.54, 1.807) is 16.2 Å². The fourth-order valence-corrected chi connectivity index (χ4v) is 4.43. The molecule has 1 aliphatic rings. The second kappa shape index (κ2) is 8.40. The van der Waals surface area contributed by atoms with Crippen LogP contribution in [0, 0.1) is 5.92 Å². The normalized spacial score (nSPS) is 17.1. The van der Waals surface area contributed by atoms with Crippen LogP contribution in [0.3, 0.4) is 0 Å². The first-order valence-electron chi connectivity index (χ1n) is 9.46. The number of nitrogens with zero attached hydrogens (tertiary/aromatic N) is 1. The smallest absolute Gasteiger partial charge is 0.253 e. The average Bonchev–Trinajstić information content (AvgIpc) is 3.21. The molecule has 1 fully saturated rings. The van der Waals surface area contributed by atoms with Crippen LogP contribution < -0.4 is 5.32 Å². The Bertz CT molecular complexity index is 954. The molecule has 0 radical (unpaired) electrons. The number of hydrogen-bond acceptors (Lipinski definition) is 3. The van der Waals surface area contributed by atoms with Gasteiger partial charge in [-0.25, -0.2) is 0 Å². The number of nitrogens with one attached hydrogen (secondary N) is 1. The molecule has 0 saturated carbocycles. The van der Waals surface area contributed by atoms with Crippen LogP contribution in [0.15, 0.2) is 72.1 Å². The number of amides is 2. The molecule has 0 bridgehead atoms. The Morgan fingerprint density at radius 3 is 2.61 bits per heavy atom. The van der Waals surface area contributed by atoms with E-state index < -0.39 is 0 Å². The predicted molar refractivity (Wildman–Crippen MR) is 112 cm³/mol. The molecule has 28 heavy (non-hydrogen) atoms. The summed E-state index contributed by atoms with van der Waals surface area (Å²) in [5.74, 6) is -0.269. The number of rotatable bonds is 4. The molecule has 2 aromatic carbocycles. The fraction of sp³-hybridized carbons (Fsp3) is 0.217. The lowest BCUT2D eigenvalue weighted by atomic mass is 9.94. The van der Waals surface area contributed by atoms with Crippen molar-refractivity contribution in [3.63, 3.8) is 0 Å². The molecule has 0 spiro atoms. The second-order valence-corrected chi connectivity index (χ2v) is 7.89. The van der Waals surface area contributed by atoms with Crippen molar-refractivity contribution in [3.8, 4) is 10.4 Å². The SMILES string of the molecule is O=C1NCCN(C(=O)c2ccccc2)C[C@H]1Cc1ccccc1-c1cccs1. The first-order valence-corrected chi connectivity index (χ1v) is 10.3. The second-order valence-electron chi connectivity index (χ2n) is 6.94. The van der Waals surface area contributed by atoms with Gasteiger partial charge in [0, 0.05) is 30.1 Å². The summed E-state index contributed by atoms with van der Waals surface area (Å²) in [5.41, 5.74) is 2.96. The quantitative estimate of drug-likeness (QED) is 0.736. The summed E-state index contributed by atoms with van der Waals surface area (Å²) >= 11 is 1.69. The van der Waals surface area contributed by atoms with Crippen LogP contribution in [0.5, 0.6) is 0 Å². The van der Waals surface area contributed by atoms with Gasteiger partial charge in [0.05, 0.1) is 5.92 Å². The largest absolute Gasteiger partial charge is 0.354 e. The van der Waals surface area contributed by atoms with Crippen molar-refractivity contribution >= 4 is 23.2 Å². The molecular formula is C23H22N2O2S. The minimum absolute atomic E-state index is 0.0179. The standard InChI is InChI=1S/C23H22N2O2S/c26-22-19(15-18-9-4-5-10-20(18)21-11-6-14-28-21)16-25(13-12-24-22)23(27)17-7-2-1-3-8-17/h1-11,14,19H,12-13,15-16H2,(H,24,26)/t19-/m1/s1. The van der Waals surface area contributed by atoms with Gasteiger partial charge in [0.25, 0.3) is 5.91 Å². The molecule has 1 aromatic heterocycles. The van der Waals surface area contributed by atoms with Crippen LogP contribution in [0.2, 0.25) is 0 Å². The molecule has 1 N–H and O–H groups in total. The van der Waals surface area contributed by atoms with Gasteiger partial charge in [-0.3, -0.25) is 9.59 Å². The number of hydrogen-bond donors (Lipinski definition) is 1. The molecule has 0 aliphatic carbocycles. The Kier molecular flexibility index (Phi) is 5.53. The van der Waals surface area contributed by atoms with E-state index in [-0.39, 0.29) is 17.7 Å². The molecule has 4 rings (SSSR count). The van der Waals surface area contributed by atoms with Crippen molar-refractivity contribution in [2.45, 2.75) is 6.42 Å². The van der Waals surface area contributed by atoms with Gasteiger partial charge in [0.1, 0.15) is 0 Å². The monoisotopic (exact) mass is 390 g/mol. The maximum Gasteiger partial charge on any atom is 0.253 e. The minimum Gasteiger partial charge on any atom is -0.354 e. The third-order valence-corrected chi connectivity index (χ3v) is 5.97. The summed E-state index contributed by atoms with van der Waals surface area (Å²) in [6, 6.07) is 21.6. The van der Waals surface area contributed by atoms with Gasteiger partial charge in [-0.2, -0.15) is 0 Å². The van der Waals surface area contributed by atoms with E-state index in [0.717, 1.165) is 11.1 Å². The zero-order valence-electron chi connectivity index (χ0n) is 15.5. The minimum atomic E-state index is -0.267. The lowest BCUT2D eigenvalue weighted by molar-refractivity contribution is -0.124. The maximum absolute atomic E-state index is 12.9. The Morgan fingerprint density at radius 2 is 1.82 bits per heavy atom. The predicted octanol–water partition coefficient (Wildman–Crippen LogP) is 3.85. The van der Waals surface area contributed by atoms with Crippen molar-refractivity contribution in [2.75, 3.05) is 19.6 Å². The average molecular weight is 391 g/mol. The number of carbonyl (C=O) groups excluding carboxylic acids is 2. The van der Waals surface area contributed by atoms with Crippen molar-refractivity contribution in [1.29, 1.82) is 0 Å². The summed E-state index contributed by atoms with van der Waals surface area (Å²) in [7, 11) is 0. The summed E-state index contributed by atoms with van der Waals surface area (Å²) in [4.78, 5) is 28.6. The summed E-state index contributed by atoms with van der Waals surface area (Å²) in [6.07, 6.45) is 0.610. The Labute approximate surface area is 168 Å². The van der Waals surface area contributed by atoms with Crippen LogP contribution in [0.1, 0.15) is 15.9 Å². The molecule has 1 aliphatic heterocycles. The lowest BCUT2D eigenvalue weighted by Crippen LogP contribution is -2.37. The van der Waals surface area contributed by atoms with Crippen molar-refractivity contribution in [3.05, 3.63) is 83.2 Å². The molecule has 2 heterocycles. The summed E-state index contributed by atoms with van der Waals surface area (Å²) in [5, 5.41) is 5.04. The topological polar surface area (TPSA) is 49.4 Å². The van der Waals surface area contributed by atoms with Crippen LogP contribution in [0.4, 0.5) is 0 Å². The van der Waals surface area contributed by atoms with Gasteiger partial charge >= 0.3 is 0 Å². The highest BCUT2D eigenvalue weighted by atomic mass is 32.1. The first kappa shape index (κ1) is 18.4. The van der Waals surface area contributed by atoms with E-state index >= 15 is 0 Å².